The number of rotatable bonds is 6. The highest BCUT2D eigenvalue weighted by Crippen LogP contribution is 2.27. The molecule has 0 heterocycles. The second-order valence-corrected chi connectivity index (χ2v) is 6.06. The van der Waals surface area contributed by atoms with Crippen LogP contribution in [0, 0.1) is 17.1 Å². The molecule has 134 valence electrons. The van der Waals surface area contributed by atoms with Gasteiger partial charge in [0.05, 0.1) is 11.1 Å². The van der Waals surface area contributed by atoms with Gasteiger partial charge in [0.25, 0.3) is 5.91 Å². The molecule has 4 nitrogen and oxygen atoms in total. The lowest BCUT2D eigenvalue weighted by Crippen LogP contribution is -2.13. The van der Waals surface area contributed by atoms with Gasteiger partial charge in [0.2, 0.25) is 0 Å². The molecule has 0 spiro atoms. The summed E-state index contributed by atoms with van der Waals surface area (Å²) >= 11 is 6.21. The van der Waals surface area contributed by atoms with Crippen LogP contribution >= 0.6 is 11.6 Å². The van der Waals surface area contributed by atoms with Crippen molar-refractivity contribution in [1.29, 1.82) is 5.26 Å². The third kappa shape index (κ3) is 5.33. The molecule has 0 aliphatic rings. The molecule has 1 atom stereocenters. The van der Waals surface area contributed by atoms with Crippen molar-refractivity contribution in [2.75, 3.05) is 5.32 Å². The highest BCUT2D eigenvalue weighted by atomic mass is 35.5. The SMILES string of the molecule is CC[C@H](C)Oc1ccc(/C=C(/C#N)C(=O)Nc2ccc(F)cc2)cc1Cl. The lowest BCUT2D eigenvalue weighted by atomic mass is 10.1. The Balaban J connectivity index is 2.17. The average molecular weight is 373 g/mol. The summed E-state index contributed by atoms with van der Waals surface area (Å²) in [5.41, 5.74) is 0.895. The van der Waals surface area contributed by atoms with Gasteiger partial charge in [-0.25, -0.2) is 4.39 Å². The van der Waals surface area contributed by atoms with Crippen molar-refractivity contribution >= 4 is 29.3 Å². The molecule has 0 aliphatic carbocycles. The van der Waals surface area contributed by atoms with Gasteiger partial charge in [0, 0.05) is 5.69 Å². The number of nitrogens with one attached hydrogen (secondary N) is 1. The van der Waals surface area contributed by atoms with Crippen LogP contribution in [-0.2, 0) is 4.79 Å². The molecule has 0 radical (unpaired) electrons. The van der Waals surface area contributed by atoms with E-state index in [9.17, 15) is 14.4 Å². The summed E-state index contributed by atoms with van der Waals surface area (Å²) < 4.78 is 18.6. The van der Waals surface area contributed by atoms with Crippen molar-refractivity contribution in [3.63, 3.8) is 0 Å². The van der Waals surface area contributed by atoms with E-state index < -0.39 is 11.7 Å². The van der Waals surface area contributed by atoms with Crippen LogP contribution in [0.3, 0.4) is 0 Å². The van der Waals surface area contributed by atoms with Crippen LogP contribution in [0.5, 0.6) is 5.75 Å². The molecule has 1 amide bonds. The third-order valence-electron chi connectivity index (χ3n) is 3.64. The van der Waals surface area contributed by atoms with E-state index in [0.717, 1.165) is 6.42 Å². The van der Waals surface area contributed by atoms with Crippen LogP contribution in [0.1, 0.15) is 25.8 Å². The molecule has 1 N–H and O–H groups in total. The maximum absolute atomic E-state index is 12.9. The van der Waals surface area contributed by atoms with Gasteiger partial charge in [0.1, 0.15) is 23.2 Å². The van der Waals surface area contributed by atoms with Crippen molar-refractivity contribution in [2.45, 2.75) is 26.4 Å². The summed E-state index contributed by atoms with van der Waals surface area (Å²) in [5.74, 6) is -0.448. The van der Waals surface area contributed by atoms with Gasteiger partial charge in [0.15, 0.2) is 0 Å². The van der Waals surface area contributed by atoms with Gasteiger partial charge in [-0.2, -0.15) is 5.26 Å². The first-order valence-electron chi connectivity index (χ1n) is 8.07. The Bertz CT molecular complexity index is 857. The molecule has 0 bridgehead atoms. The normalized spacial score (nSPS) is 12.2. The minimum absolute atomic E-state index is 0.0325. The van der Waals surface area contributed by atoms with E-state index in [1.54, 1.807) is 18.2 Å². The highest BCUT2D eigenvalue weighted by Gasteiger charge is 2.11. The number of halogens is 2. The maximum Gasteiger partial charge on any atom is 0.266 e. The van der Waals surface area contributed by atoms with Crippen molar-refractivity contribution in [1.82, 2.24) is 0 Å². The number of hydrogen-bond acceptors (Lipinski definition) is 3. The van der Waals surface area contributed by atoms with Gasteiger partial charge in [-0.15, -0.1) is 0 Å². The van der Waals surface area contributed by atoms with Gasteiger partial charge >= 0.3 is 0 Å². The zero-order chi connectivity index (χ0) is 19.1. The maximum atomic E-state index is 12.9. The fourth-order valence-corrected chi connectivity index (χ4v) is 2.28. The second kappa shape index (κ2) is 9.02. The summed E-state index contributed by atoms with van der Waals surface area (Å²) in [6, 6.07) is 12.2. The van der Waals surface area contributed by atoms with E-state index in [0.29, 0.717) is 22.0 Å². The molecule has 0 aromatic heterocycles. The summed E-state index contributed by atoms with van der Waals surface area (Å²) in [4.78, 5) is 12.2. The summed E-state index contributed by atoms with van der Waals surface area (Å²) in [7, 11) is 0. The van der Waals surface area contributed by atoms with E-state index >= 15 is 0 Å². The molecule has 0 saturated carbocycles. The molecule has 2 aromatic carbocycles. The quantitative estimate of drug-likeness (QED) is 0.559. The van der Waals surface area contributed by atoms with Crippen LogP contribution in [0.15, 0.2) is 48.0 Å². The minimum Gasteiger partial charge on any atom is -0.489 e. The van der Waals surface area contributed by atoms with Crippen LogP contribution in [0.25, 0.3) is 6.08 Å². The van der Waals surface area contributed by atoms with Crippen LogP contribution in [-0.4, -0.2) is 12.0 Å². The number of nitrogens with zero attached hydrogens (tertiary/aromatic N) is 1. The number of nitriles is 1. The summed E-state index contributed by atoms with van der Waals surface area (Å²) in [6.07, 6.45) is 2.31. The Morgan fingerprint density at radius 2 is 2.04 bits per heavy atom. The largest absolute Gasteiger partial charge is 0.489 e. The monoisotopic (exact) mass is 372 g/mol. The molecular formula is C20H18ClFN2O2. The Labute approximate surface area is 156 Å². The van der Waals surface area contributed by atoms with Gasteiger partial charge < -0.3 is 10.1 Å². The van der Waals surface area contributed by atoms with Crippen molar-refractivity contribution in [2.24, 2.45) is 0 Å². The fourth-order valence-electron chi connectivity index (χ4n) is 2.05. The number of carbonyl (C=O) groups is 1. The molecule has 2 aromatic rings. The number of ether oxygens (including phenoxy) is 1. The lowest BCUT2D eigenvalue weighted by Gasteiger charge is -2.14. The standard InChI is InChI=1S/C20H18ClFN2O2/c1-3-13(2)26-19-9-4-14(11-18(19)21)10-15(12-23)20(25)24-17-7-5-16(22)6-8-17/h4-11,13H,3H2,1-2H3,(H,24,25)/b15-10-/t13-/m0/s1. The molecule has 26 heavy (non-hydrogen) atoms. The number of amides is 1. The molecule has 0 saturated heterocycles. The molecule has 2 rings (SSSR count). The number of anilines is 1. The van der Waals surface area contributed by atoms with E-state index in [1.165, 1.54) is 30.3 Å². The van der Waals surface area contributed by atoms with Crippen molar-refractivity contribution in [3.05, 3.63) is 64.4 Å². The van der Waals surface area contributed by atoms with Gasteiger partial charge in [-0.3, -0.25) is 4.79 Å². The number of carbonyl (C=O) groups excluding carboxylic acids is 1. The topological polar surface area (TPSA) is 62.1 Å². The first-order chi connectivity index (χ1) is 12.4. The Hall–Kier alpha value is -2.84. The van der Waals surface area contributed by atoms with Gasteiger partial charge in [-0.1, -0.05) is 24.6 Å². The minimum atomic E-state index is -0.588. The van der Waals surface area contributed by atoms with Crippen LogP contribution in [0.2, 0.25) is 5.02 Å². The number of benzene rings is 2. The zero-order valence-electron chi connectivity index (χ0n) is 14.4. The molecule has 6 heteroatoms. The first-order valence-corrected chi connectivity index (χ1v) is 8.45. The predicted octanol–water partition coefficient (Wildman–Crippen LogP) is 5.20. The zero-order valence-corrected chi connectivity index (χ0v) is 15.2. The van der Waals surface area contributed by atoms with E-state index in [4.69, 9.17) is 16.3 Å². The second-order valence-electron chi connectivity index (χ2n) is 5.66. The first kappa shape index (κ1) is 19.5. The number of hydrogen-bond donors (Lipinski definition) is 1. The average Bonchev–Trinajstić information content (AvgIpc) is 2.63. The van der Waals surface area contributed by atoms with E-state index in [2.05, 4.69) is 5.32 Å². The highest BCUT2D eigenvalue weighted by molar-refractivity contribution is 6.32. The van der Waals surface area contributed by atoms with Crippen LogP contribution < -0.4 is 10.1 Å². The molecule has 0 aliphatic heterocycles. The predicted molar refractivity (Wildman–Crippen MR) is 100 cm³/mol. The van der Waals surface area contributed by atoms with Crippen molar-refractivity contribution < 1.29 is 13.9 Å². The smallest absolute Gasteiger partial charge is 0.266 e. The molecule has 0 unspecified atom stereocenters. The third-order valence-corrected chi connectivity index (χ3v) is 3.93. The lowest BCUT2D eigenvalue weighted by molar-refractivity contribution is -0.112. The van der Waals surface area contributed by atoms with E-state index in [1.807, 2.05) is 19.9 Å². The summed E-state index contributed by atoms with van der Waals surface area (Å²) in [6.45, 7) is 3.95. The van der Waals surface area contributed by atoms with Gasteiger partial charge in [-0.05, 0) is 61.4 Å². The fraction of sp³-hybridized carbons (Fsp3) is 0.200. The Kier molecular flexibility index (Phi) is 6.76. The molecular weight excluding hydrogens is 355 g/mol. The summed E-state index contributed by atoms with van der Waals surface area (Å²) in [5, 5.41) is 12.2. The van der Waals surface area contributed by atoms with E-state index in [-0.39, 0.29) is 11.7 Å². The van der Waals surface area contributed by atoms with Crippen LogP contribution in [0.4, 0.5) is 10.1 Å². The molecule has 0 fully saturated rings. The Morgan fingerprint density at radius 1 is 1.35 bits per heavy atom. The Morgan fingerprint density at radius 3 is 2.62 bits per heavy atom. The van der Waals surface area contributed by atoms with Crippen molar-refractivity contribution in [3.8, 4) is 11.8 Å².